The zero-order chi connectivity index (χ0) is 40.3. The van der Waals surface area contributed by atoms with E-state index in [1.54, 1.807) is 51.3 Å². The molecule has 8 heterocycles. The Morgan fingerprint density at radius 3 is 1.28 bits per heavy atom. The van der Waals surface area contributed by atoms with Gasteiger partial charge in [-0.1, -0.05) is 100 Å². The third-order valence-electron chi connectivity index (χ3n) is 2.34. The van der Waals surface area contributed by atoms with Crippen molar-refractivity contribution in [2.24, 2.45) is 0 Å². The maximum Gasteiger partial charge on any atom is 0.213 e. The molecule has 0 aliphatic carbocycles. The Labute approximate surface area is 330 Å². The van der Waals surface area contributed by atoms with Gasteiger partial charge in [-0.3, -0.25) is 4.98 Å². The number of thiazole rings is 1. The molecule has 300 valence electrons. The maximum absolute atomic E-state index is 4.47. The van der Waals surface area contributed by atoms with Gasteiger partial charge in [0.1, 0.15) is 40.9 Å². The summed E-state index contributed by atoms with van der Waals surface area (Å²) in [5.74, 6) is 0. The van der Waals surface area contributed by atoms with Crippen LogP contribution < -0.4 is 0 Å². The molecule has 23 heteroatoms. The Morgan fingerprint density at radius 1 is 0.453 bits per heavy atom. The zero-order valence-corrected chi connectivity index (χ0v) is 35.1. The summed E-state index contributed by atoms with van der Waals surface area (Å²) in [5, 5.41) is 31.8. The first-order chi connectivity index (χ1) is 26.0. The van der Waals surface area contributed by atoms with Crippen LogP contribution in [0.25, 0.3) is 0 Å². The van der Waals surface area contributed by atoms with E-state index in [1.807, 2.05) is 88.5 Å². The summed E-state index contributed by atoms with van der Waals surface area (Å²) in [7, 11) is 0. The minimum Gasteiger partial charge on any atom is -0.452 e. The van der Waals surface area contributed by atoms with Gasteiger partial charge in [0.05, 0.1) is 17.9 Å². The zero-order valence-electron chi connectivity index (χ0n) is 31.8. The summed E-state index contributed by atoms with van der Waals surface area (Å²) in [6, 6.07) is 0. The lowest BCUT2D eigenvalue weighted by molar-refractivity contribution is 0.393. The van der Waals surface area contributed by atoms with Gasteiger partial charge in [0.15, 0.2) is 12.7 Å². The van der Waals surface area contributed by atoms with Gasteiger partial charge in [0, 0.05) is 28.4 Å². The van der Waals surface area contributed by atoms with Crippen LogP contribution in [0.1, 0.15) is 90.5 Å². The molecule has 0 atom stereocenters. The Hall–Kier alpha value is -5.13. The van der Waals surface area contributed by atoms with Crippen LogP contribution >= 0.6 is 45.7 Å². The third kappa shape index (κ3) is 77.6. The van der Waals surface area contributed by atoms with Crippen molar-refractivity contribution in [1.29, 1.82) is 0 Å². The summed E-state index contributed by atoms with van der Waals surface area (Å²) in [5.41, 5.74) is 8.40. The highest BCUT2D eigenvalue weighted by atomic mass is 32.1. The van der Waals surface area contributed by atoms with Gasteiger partial charge in [-0.25, -0.2) is 15.0 Å². The SMILES string of the molecule is C.CC.CC.CC.CC.CC.CC.c1cocn1.c1conn1.c1cscn1.c1ncon1.c1ncsn1.c1nnco1.c1nncs1.c1nnns1. The van der Waals surface area contributed by atoms with Crippen LogP contribution in [0.4, 0.5) is 0 Å². The van der Waals surface area contributed by atoms with Gasteiger partial charge in [-0.15, -0.1) is 53.3 Å². The van der Waals surface area contributed by atoms with Crippen molar-refractivity contribution in [2.75, 3.05) is 0 Å². The number of oxazole rings is 1. The number of aromatic nitrogens is 15. The predicted octanol–water partition coefficient (Wildman–Crippen LogP) is 9.83. The molecule has 8 aromatic rings. The summed E-state index contributed by atoms with van der Waals surface area (Å²) in [4.78, 5) is 14.4. The molecule has 0 amide bonds. The van der Waals surface area contributed by atoms with Crippen molar-refractivity contribution in [3.63, 3.8) is 0 Å². The van der Waals surface area contributed by atoms with E-state index >= 15 is 0 Å². The lowest BCUT2D eigenvalue weighted by Crippen LogP contribution is -1.61. The molecule has 0 bridgehead atoms. The van der Waals surface area contributed by atoms with Crippen LogP contribution in [0.2, 0.25) is 0 Å². The molecule has 0 spiro atoms. The van der Waals surface area contributed by atoms with E-state index in [-0.39, 0.29) is 7.43 Å². The first-order valence-corrected chi connectivity index (χ1v) is 19.2. The number of rotatable bonds is 0. The summed E-state index contributed by atoms with van der Waals surface area (Å²) in [6.45, 7) is 24.0. The standard InChI is InChI=1S/C3H3NO.C3H3NS.3C2H2N2O.2C2H2N2S.6C2H6.CHN3S.CH4/c2*1-2-5-3-4-1;1-3-4-2-5-1;1-3-2-5-4-1;1-2-5-4-3-1;1-3-4-2-5-1;1-3-2-5-4-1;6*1-2;1-2-3-4-5-1;/h2*1-3H;5*1-2H;6*1-2H3;1H;1H4. The number of nitrogens with zero attached hydrogens (tertiary/aromatic N) is 15. The Balaban J connectivity index is -0.0000000875. The second-order valence-electron chi connectivity index (χ2n) is 4.75. The predicted molar refractivity (Wildman–Crippen MR) is 214 cm³/mol. The van der Waals surface area contributed by atoms with Gasteiger partial charge >= 0.3 is 0 Å². The second-order valence-corrected chi connectivity index (χ2v) is 7.42. The largest absolute Gasteiger partial charge is 0.452 e. The van der Waals surface area contributed by atoms with Crippen molar-refractivity contribution in [2.45, 2.75) is 90.5 Å². The van der Waals surface area contributed by atoms with E-state index in [0.29, 0.717) is 0 Å². The fourth-order valence-corrected chi connectivity index (χ4v) is 2.24. The van der Waals surface area contributed by atoms with Gasteiger partial charge in [0.25, 0.3) is 0 Å². The van der Waals surface area contributed by atoms with Gasteiger partial charge < -0.3 is 17.9 Å². The van der Waals surface area contributed by atoms with Crippen LogP contribution in [0, 0.1) is 0 Å². The molecule has 53 heavy (non-hydrogen) atoms. The van der Waals surface area contributed by atoms with E-state index in [0.717, 1.165) is 0 Å². The Bertz CT molecular complexity index is 849. The minimum atomic E-state index is 0. The van der Waals surface area contributed by atoms with Crippen molar-refractivity contribution in [3.8, 4) is 0 Å². The van der Waals surface area contributed by atoms with Crippen molar-refractivity contribution >= 4 is 45.7 Å². The van der Waals surface area contributed by atoms with Gasteiger partial charge in [0.2, 0.25) is 19.2 Å². The van der Waals surface area contributed by atoms with Crippen LogP contribution in [0.15, 0.2) is 120 Å². The third-order valence-corrected chi connectivity index (χ3v) is 4.08. The molecule has 0 N–H and O–H groups in total. The fourth-order valence-electron chi connectivity index (χ4n) is 1.14. The maximum atomic E-state index is 4.47. The fraction of sp³-hybridized carbons (Fsp3) is 0.433. The van der Waals surface area contributed by atoms with Gasteiger partial charge in [-0.2, -0.15) is 4.37 Å². The Morgan fingerprint density at radius 2 is 1.13 bits per heavy atom. The van der Waals surface area contributed by atoms with E-state index in [4.69, 9.17) is 0 Å². The molecule has 0 radical (unpaired) electrons. The lowest BCUT2D eigenvalue weighted by atomic mass is 11.0. The highest BCUT2D eigenvalue weighted by Gasteiger charge is 1.64. The molecule has 19 nitrogen and oxygen atoms in total. The summed E-state index contributed by atoms with van der Waals surface area (Å²) in [6.07, 6.45) is 15.8. The van der Waals surface area contributed by atoms with E-state index in [9.17, 15) is 0 Å². The summed E-state index contributed by atoms with van der Waals surface area (Å²) >= 11 is 5.69. The van der Waals surface area contributed by atoms with E-state index < -0.39 is 0 Å². The first-order valence-electron chi connectivity index (χ1n) is 15.7. The van der Waals surface area contributed by atoms with E-state index in [2.05, 4.69) is 92.9 Å². The van der Waals surface area contributed by atoms with Crippen molar-refractivity contribution < 1.29 is 17.9 Å². The highest BCUT2D eigenvalue weighted by Crippen LogP contribution is 1.86. The summed E-state index contributed by atoms with van der Waals surface area (Å²) < 4.78 is 24.3. The number of hydrogen-bond donors (Lipinski definition) is 0. The molecule has 0 saturated heterocycles. The number of hydrogen-bond acceptors (Lipinski definition) is 23. The molecule has 8 rings (SSSR count). The van der Waals surface area contributed by atoms with Crippen LogP contribution in [0.5, 0.6) is 0 Å². The molecular formula is C30H57N15O4S4. The monoisotopic (exact) mass is 819 g/mol. The molecule has 0 aromatic carbocycles. The molecule has 0 fully saturated rings. The molecule has 0 aliphatic rings. The van der Waals surface area contributed by atoms with Gasteiger partial charge in [-0.05, 0) is 16.7 Å². The lowest BCUT2D eigenvalue weighted by Gasteiger charge is -1.47. The normalized spacial score (nSPS) is 6.72. The molecule has 0 saturated carbocycles. The molecule has 0 unspecified atom stereocenters. The first kappa shape index (κ1) is 63.0. The van der Waals surface area contributed by atoms with Crippen LogP contribution in [-0.2, 0) is 0 Å². The average molecular weight is 820 g/mol. The van der Waals surface area contributed by atoms with Crippen molar-refractivity contribution in [3.05, 3.63) is 102 Å². The quantitative estimate of drug-likeness (QED) is 0.138. The van der Waals surface area contributed by atoms with Crippen molar-refractivity contribution in [1.82, 2.24) is 75.0 Å². The van der Waals surface area contributed by atoms with E-state index in [1.165, 1.54) is 91.4 Å². The smallest absolute Gasteiger partial charge is 0.213 e. The minimum absolute atomic E-state index is 0. The molecule has 8 aromatic heterocycles. The topological polar surface area (TPSA) is 246 Å². The molecular weight excluding hydrogens is 763 g/mol. The average Bonchev–Trinajstić information content (AvgIpc) is 4.13. The van der Waals surface area contributed by atoms with Crippen LogP contribution in [-0.4, -0.2) is 75.0 Å². The molecule has 0 aliphatic heterocycles. The highest BCUT2D eigenvalue weighted by molar-refractivity contribution is 7.07. The van der Waals surface area contributed by atoms with Crippen LogP contribution in [0.3, 0.4) is 0 Å². The second kappa shape index (κ2) is 81.1. The Kier molecular flexibility index (Phi) is 96.3.